The van der Waals surface area contributed by atoms with Crippen molar-refractivity contribution in [3.05, 3.63) is 29.6 Å². The molecule has 0 heterocycles. The summed E-state index contributed by atoms with van der Waals surface area (Å²) in [6, 6.07) is 2.65. The third kappa shape index (κ3) is 4.78. The Balaban J connectivity index is 3.32. The predicted molar refractivity (Wildman–Crippen MR) is 81.8 cm³/mol. The van der Waals surface area contributed by atoms with E-state index < -0.39 is 21.8 Å². The molecule has 124 valence electrons. The number of hydrogen-bond acceptors (Lipinski definition) is 3. The Hall–Kier alpha value is -1.47. The molecule has 0 bridgehead atoms. The minimum absolute atomic E-state index is 0.0982. The summed E-state index contributed by atoms with van der Waals surface area (Å²) in [5, 5.41) is 8.95. The molecule has 0 aliphatic heterocycles. The van der Waals surface area contributed by atoms with Crippen molar-refractivity contribution in [3.63, 3.8) is 0 Å². The fourth-order valence-corrected chi connectivity index (χ4v) is 3.89. The van der Waals surface area contributed by atoms with Crippen LogP contribution in [0.5, 0.6) is 0 Å². The summed E-state index contributed by atoms with van der Waals surface area (Å²) in [6.07, 6.45) is 0. The highest BCUT2D eigenvalue weighted by atomic mass is 32.2. The summed E-state index contributed by atoms with van der Waals surface area (Å²) in [6.45, 7) is 8.13. The van der Waals surface area contributed by atoms with Crippen molar-refractivity contribution in [2.75, 3.05) is 13.1 Å². The summed E-state index contributed by atoms with van der Waals surface area (Å²) >= 11 is 0. The first-order valence-corrected chi connectivity index (χ1v) is 8.52. The number of halogens is 1. The average Bonchev–Trinajstić information content (AvgIpc) is 2.35. The molecular formula is C15H22FNO4S. The normalized spacial score (nSPS) is 12.4. The van der Waals surface area contributed by atoms with Crippen molar-refractivity contribution in [3.8, 4) is 0 Å². The molecule has 1 rings (SSSR count). The Kier molecular flexibility index (Phi) is 6.08. The first-order valence-electron chi connectivity index (χ1n) is 7.08. The molecular weight excluding hydrogens is 309 g/mol. The third-order valence-corrected chi connectivity index (χ3v) is 4.70. The van der Waals surface area contributed by atoms with Crippen molar-refractivity contribution < 1.29 is 22.7 Å². The van der Waals surface area contributed by atoms with Gasteiger partial charge in [0.15, 0.2) is 0 Å². The van der Waals surface area contributed by atoms with Gasteiger partial charge in [-0.25, -0.2) is 17.6 Å². The number of benzene rings is 1. The highest BCUT2D eigenvalue weighted by molar-refractivity contribution is 7.89. The van der Waals surface area contributed by atoms with E-state index >= 15 is 0 Å². The number of sulfonamides is 1. The highest BCUT2D eigenvalue weighted by Crippen LogP contribution is 2.21. The fraction of sp³-hybridized carbons (Fsp3) is 0.533. The summed E-state index contributed by atoms with van der Waals surface area (Å²) < 4.78 is 40.2. The smallest absolute Gasteiger partial charge is 0.335 e. The van der Waals surface area contributed by atoms with E-state index in [1.54, 1.807) is 0 Å². The van der Waals surface area contributed by atoms with Crippen LogP contribution in [0.3, 0.4) is 0 Å². The molecule has 0 aromatic heterocycles. The quantitative estimate of drug-likeness (QED) is 0.833. The average molecular weight is 331 g/mol. The minimum atomic E-state index is -3.94. The van der Waals surface area contributed by atoms with Gasteiger partial charge in [0.1, 0.15) is 5.82 Å². The molecule has 0 aliphatic carbocycles. The number of aromatic carboxylic acids is 1. The van der Waals surface area contributed by atoms with Crippen molar-refractivity contribution in [2.45, 2.75) is 32.6 Å². The van der Waals surface area contributed by atoms with Crippen LogP contribution in [0.4, 0.5) is 4.39 Å². The monoisotopic (exact) mass is 331 g/mol. The van der Waals surface area contributed by atoms with Crippen LogP contribution in [0, 0.1) is 17.7 Å². The first kappa shape index (κ1) is 18.6. The van der Waals surface area contributed by atoms with Crippen LogP contribution in [0.25, 0.3) is 0 Å². The molecule has 0 spiro atoms. The maximum absolute atomic E-state index is 13.6. The van der Waals surface area contributed by atoms with Crippen LogP contribution in [-0.4, -0.2) is 36.9 Å². The highest BCUT2D eigenvalue weighted by Gasteiger charge is 2.27. The Labute approximate surface area is 130 Å². The van der Waals surface area contributed by atoms with Crippen LogP contribution in [-0.2, 0) is 10.0 Å². The molecule has 0 unspecified atom stereocenters. The molecule has 0 radical (unpaired) electrons. The maximum atomic E-state index is 13.6. The molecule has 0 aliphatic rings. The van der Waals surface area contributed by atoms with Crippen LogP contribution < -0.4 is 0 Å². The van der Waals surface area contributed by atoms with Crippen LogP contribution in [0.1, 0.15) is 38.1 Å². The fourth-order valence-electron chi connectivity index (χ4n) is 2.07. The molecule has 1 aromatic carbocycles. The van der Waals surface area contributed by atoms with Gasteiger partial charge in [0.05, 0.1) is 10.5 Å². The Bertz CT molecular complexity index is 631. The second-order valence-electron chi connectivity index (χ2n) is 6.09. The van der Waals surface area contributed by atoms with Gasteiger partial charge in [0, 0.05) is 13.1 Å². The van der Waals surface area contributed by atoms with Crippen molar-refractivity contribution in [1.82, 2.24) is 4.31 Å². The van der Waals surface area contributed by atoms with Gasteiger partial charge < -0.3 is 5.11 Å². The molecule has 1 N–H and O–H groups in total. The predicted octanol–water partition coefficient (Wildman–Crippen LogP) is 2.83. The van der Waals surface area contributed by atoms with Crippen LogP contribution >= 0.6 is 0 Å². The van der Waals surface area contributed by atoms with Gasteiger partial charge in [-0.1, -0.05) is 27.7 Å². The van der Waals surface area contributed by atoms with E-state index in [4.69, 9.17) is 5.11 Å². The number of hydrogen-bond donors (Lipinski definition) is 1. The van der Waals surface area contributed by atoms with Gasteiger partial charge in [-0.3, -0.25) is 0 Å². The standard InChI is InChI=1S/C15H22FNO4S/c1-10(2)8-17(9-11(3)4)22(20,21)14-6-12(15(18)19)5-13(16)7-14/h5-7,10-11H,8-9H2,1-4H3,(H,18,19). The van der Waals surface area contributed by atoms with E-state index in [2.05, 4.69) is 0 Å². The zero-order valence-corrected chi connectivity index (χ0v) is 14.0. The van der Waals surface area contributed by atoms with Gasteiger partial charge in [0.2, 0.25) is 10.0 Å². The van der Waals surface area contributed by atoms with Crippen LogP contribution in [0.2, 0.25) is 0 Å². The second-order valence-corrected chi connectivity index (χ2v) is 8.03. The molecule has 5 nitrogen and oxygen atoms in total. The molecule has 0 saturated heterocycles. The Morgan fingerprint density at radius 3 is 2.05 bits per heavy atom. The molecule has 22 heavy (non-hydrogen) atoms. The topological polar surface area (TPSA) is 74.7 Å². The summed E-state index contributed by atoms with van der Waals surface area (Å²) in [7, 11) is -3.94. The lowest BCUT2D eigenvalue weighted by Gasteiger charge is -2.25. The number of rotatable bonds is 7. The molecule has 0 amide bonds. The number of nitrogens with zero attached hydrogens (tertiary/aromatic N) is 1. The SMILES string of the molecule is CC(C)CN(CC(C)C)S(=O)(=O)c1cc(F)cc(C(=O)O)c1. The van der Waals surface area contributed by atoms with Crippen molar-refractivity contribution in [1.29, 1.82) is 0 Å². The lowest BCUT2D eigenvalue weighted by molar-refractivity contribution is 0.0696. The molecule has 0 atom stereocenters. The first-order chi connectivity index (χ1) is 10.0. The lowest BCUT2D eigenvalue weighted by atomic mass is 10.2. The Morgan fingerprint density at radius 2 is 1.64 bits per heavy atom. The largest absolute Gasteiger partial charge is 0.478 e. The zero-order chi connectivity index (χ0) is 17.1. The van der Waals surface area contributed by atoms with Gasteiger partial charge in [-0.05, 0) is 30.0 Å². The van der Waals surface area contributed by atoms with E-state index in [1.807, 2.05) is 27.7 Å². The van der Waals surface area contributed by atoms with Gasteiger partial charge in [0.25, 0.3) is 0 Å². The van der Waals surface area contributed by atoms with E-state index in [1.165, 1.54) is 4.31 Å². The van der Waals surface area contributed by atoms with E-state index in [9.17, 15) is 17.6 Å². The lowest BCUT2D eigenvalue weighted by Crippen LogP contribution is -2.37. The second kappa shape index (κ2) is 7.19. The molecule has 1 aromatic rings. The van der Waals surface area contributed by atoms with Gasteiger partial charge >= 0.3 is 5.97 Å². The van der Waals surface area contributed by atoms with E-state index in [0.29, 0.717) is 13.1 Å². The van der Waals surface area contributed by atoms with Crippen molar-refractivity contribution in [2.24, 2.45) is 11.8 Å². The van der Waals surface area contributed by atoms with E-state index in [0.717, 1.165) is 18.2 Å². The zero-order valence-electron chi connectivity index (χ0n) is 13.2. The molecule has 0 fully saturated rings. The number of carboxylic acid groups (broad SMARTS) is 1. The number of carboxylic acids is 1. The number of carbonyl (C=O) groups is 1. The summed E-state index contributed by atoms with van der Waals surface area (Å²) in [5.74, 6) is -2.05. The van der Waals surface area contributed by atoms with Gasteiger partial charge in [-0.2, -0.15) is 4.31 Å². The maximum Gasteiger partial charge on any atom is 0.335 e. The minimum Gasteiger partial charge on any atom is -0.478 e. The van der Waals surface area contributed by atoms with Crippen LogP contribution in [0.15, 0.2) is 23.1 Å². The van der Waals surface area contributed by atoms with E-state index in [-0.39, 0.29) is 22.3 Å². The molecule has 0 saturated carbocycles. The summed E-state index contributed by atoms with van der Waals surface area (Å²) in [4.78, 5) is 10.7. The molecule has 7 heteroatoms. The summed E-state index contributed by atoms with van der Waals surface area (Å²) in [5.41, 5.74) is -0.382. The van der Waals surface area contributed by atoms with Crippen molar-refractivity contribution >= 4 is 16.0 Å². The van der Waals surface area contributed by atoms with Gasteiger partial charge in [-0.15, -0.1) is 0 Å². The third-order valence-electron chi connectivity index (χ3n) is 2.89. The Morgan fingerprint density at radius 1 is 1.14 bits per heavy atom.